The molecule has 1 aliphatic rings. The highest BCUT2D eigenvalue weighted by Gasteiger charge is 2.25. The van der Waals surface area contributed by atoms with Gasteiger partial charge in [-0.25, -0.2) is 4.39 Å². The highest BCUT2D eigenvalue weighted by molar-refractivity contribution is 5.46. The van der Waals surface area contributed by atoms with Crippen LogP contribution in [0, 0.1) is 5.82 Å². The summed E-state index contributed by atoms with van der Waals surface area (Å²) in [6, 6.07) is 6.80. The van der Waals surface area contributed by atoms with E-state index in [2.05, 4.69) is 0 Å². The maximum atomic E-state index is 13.6. The van der Waals surface area contributed by atoms with Gasteiger partial charge < -0.3 is 15.4 Å². The molecular weight excluding hydrogens is 219 g/mol. The third kappa shape index (κ3) is 2.96. The topological polar surface area (TPSA) is 38.5 Å². The summed E-state index contributed by atoms with van der Waals surface area (Å²) < 4.78 is 19.3. The molecule has 0 amide bonds. The van der Waals surface area contributed by atoms with Crippen molar-refractivity contribution >= 4 is 5.69 Å². The van der Waals surface area contributed by atoms with Crippen LogP contribution in [-0.4, -0.2) is 32.3 Å². The first-order valence-corrected chi connectivity index (χ1v) is 6.02. The fourth-order valence-corrected chi connectivity index (χ4v) is 2.25. The van der Waals surface area contributed by atoms with Crippen LogP contribution in [0.5, 0.6) is 0 Å². The molecule has 4 heteroatoms. The Balaban J connectivity index is 1.94. The molecule has 2 unspecified atom stereocenters. The minimum absolute atomic E-state index is 0.160. The Labute approximate surface area is 101 Å². The monoisotopic (exact) mass is 238 g/mol. The van der Waals surface area contributed by atoms with Gasteiger partial charge >= 0.3 is 0 Å². The number of likely N-dealkylation sites (N-methyl/N-ethyl adjacent to an activating group) is 1. The van der Waals surface area contributed by atoms with Crippen molar-refractivity contribution in [1.29, 1.82) is 0 Å². The Bertz CT molecular complexity index is 372. The van der Waals surface area contributed by atoms with Gasteiger partial charge in [0, 0.05) is 20.1 Å². The van der Waals surface area contributed by atoms with E-state index < -0.39 is 0 Å². The van der Waals surface area contributed by atoms with Gasteiger partial charge in [0.25, 0.3) is 0 Å². The Kier molecular flexibility index (Phi) is 3.97. The van der Waals surface area contributed by atoms with Crippen LogP contribution >= 0.6 is 0 Å². The molecule has 0 aromatic heterocycles. The van der Waals surface area contributed by atoms with E-state index in [4.69, 9.17) is 10.5 Å². The van der Waals surface area contributed by atoms with E-state index in [-0.39, 0.29) is 18.0 Å². The van der Waals surface area contributed by atoms with Crippen molar-refractivity contribution in [2.75, 3.05) is 25.0 Å². The minimum atomic E-state index is -0.191. The number of nitrogens with zero attached hydrogens (tertiary/aromatic N) is 1. The molecule has 2 N–H and O–H groups in total. The Morgan fingerprint density at radius 3 is 2.71 bits per heavy atom. The molecular formula is C13H19FN2O. The lowest BCUT2D eigenvalue weighted by Crippen LogP contribution is -2.31. The molecule has 0 saturated carbocycles. The Morgan fingerprint density at radius 2 is 2.06 bits per heavy atom. The van der Waals surface area contributed by atoms with Gasteiger partial charge in [-0.05, 0) is 25.0 Å². The lowest BCUT2D eigenvalue weighted by atomic mass is 10.2. The SMILES string of the molecule is CN(CC1CCC(CN)O1)c1ccccc1F. The molecule has 1 aromatic carbocycles. The smallest absolute Gasteiger partial charge is 0.146 e. The fourth-order valence-electron chi connectivity index (χ4n) is 2.25. The van der Waals surface area contributed by atoms with Crippen LogP contribution in [0.15, 0.2) is 24.3 Å². The van der Waals surface area contributed by atoms with Crippen molar-refractivity contribution in [3.63, 3.8) is 0 Å². The highest BCUT2D eigenvalue weighted by atomic mass is 19.1. The maximum absolute atomic E-state index is 13.6. The molecule has 3 nitrogen and oxygen atoms in total. The van der Waals surface area contributed by atoms with Crippen LogP contribution in [-0.2, 0) is 4.74 Å². The van der Waals surface area contributed by atoms with E-state index in [1.54, 1.807) is 12.1 Å². The van der Waals surface area contributed by atoms with Gasteiger partial charge in [-0.1, -0.05) is 12.1 Å². The first-order chi connectivity index (χ1) is 8.20. The maximum Gasteiger partial charge on any atom is 0.146 e. The van der Waals surface area contributed by atoms with Crippen LogP contribution in [0.1, 0.15) is 12.8 Å². The van der Waals surface area contributed by atoms with Crippen molar-refractivity contribution in [2.24, 2.45) is 5.73 Å². The number of nitrogens with two attached hydrogens (primary N) is 1. The number of hydrogen-bond donors (Lipinski definition) is 1. The molecule has 0 spiro atoms. The lowest BCUT2D eigenvalue weighted by molar-refractivity contribution is 0.0548. The molecule has 1 aliphatic heterocycles. The molecule has 1 saturated heterocycles. The summed E-state index contributed by atoms with van der Waals surface area (Å²) in [5.41, 5.74) is 6.18. The number of hydrogen-bond acceptors (Lipinski definition) is 3. The largest absolute Gasteiger partial charge is 0.372 e. The van der Waals surface area contributed by atoms with E-state index in [1.807, 2.05) is 18.0 Å². The number of anilines is 1. The van der Waals surface area contributed by atoms with Gasteiger partial charge in [0.05, 0.1) is 17.9 Å². The number of benzene rings is 1. The first kappa shape index (κ1) is 12.3. The molecule has 0 bridgehead atoms. The van der Waals surface area contributed by atoms with Gasteiger partial charge in [0.1, 0.15) is 5.82 Å². The second-order valence-electron chi connectivity index (χ2n) is 4.53. The van der Waals surface area contributed by atoms with E-state index in [0.29, 0.717) is 18.8 Å². The van der Waals surface area contributed by atoms with Gasteiger partial charge in [-0.15, -0.1) is 0 Å². The summed E-state index contributed by atoms with van der Waals surface area (Å²) in [4.78, 5) is 1.90. The van der Waals surface area contributed by atoms with E-state index in [9.17, 15) is 4.39 Å². The number of ether oxygens (including phenoxy) is 1. The first-order valence-electron chi connectivity index (χ1n) is 6.02. The van der Waals surface area contributed by atoms with Crippen LogP contribution in [0.2, 0.25) is 0 Å². The van der Waals surface area contributed by atoms with Gasteiger partial charge in [0.15, 0.2) is 0 Å². The second kappa shape index (κ2) is 5.47. The third-order valence-electron chi connectivity index (χ3n) is 3.20. The normalized spacial score (nSPS) is 23.9. The summed E-state index contributed by atoms with van der Waals surface area (Å²) in [6.45, 7) is 1.28. The van der Waals surface area contributed by atoms with E-state index in [0.717, 1.165) is 12.8 Å². The molecule has 1 aromatic rings. The number of rotatable bonds is 4. The zero-order valence-corrected chi connectivity index (χ0v) is 10.1. The molecule has 2 atom stereocenters. The summed E-state index contributed by atoms with van der Waals surface area (Å²) in [5, 5.41) is 0. The molecule has 0 radical (unpaired) electrons. The average Bonchev–Trinajstić information content (AvgIpc) is 2.77. The summed E-state index contributed by atoms with van der Waals surface area (Å²) >= 11 is 0. The van der Waals surface area contributed by atoms with Crippen LogP contribution in [0.25, 0.3) is 0 Å². The van der Waals surface area contributed by atoms with Crippen molar-refractivity contribution < 1.29 is 9.13 Å². The van der Waals surface area contributed by atoms with Crippen LogP contribution in [0.4, 0.5) is 10.1 Å². The summed E-state index contributed by atoms with van der Waals surface area (Å²) in [5.74, 6) is -0.191. The van der Waals surface area contributed by atoms with Crippen molar-refractivity contribution in [3.8, 4) is 0 Å². The minimum Gasteiger partial charge on any atom is -0.372 e. The number of halogens is 1. The molecule has 1 heterocycles. The second-order valence-corrected chi connectivity index (χ2v) is 4.53. The molecule has 94 valence electrons. The predicted molar refractivity (Wildman–Crippen MR) is 66.6 cm³/mol. The lowest BCUT2D eigenvalue weighted by Gasteiger charge is -2.23. The van der Waals surface area contributed by atoms with E-state index >= 15 is 0 Å². The Morgan fingerprint density at radius 1 is 1.35 bits per heavy atom. The summed E-state index contributed by atoms with van der Waals surface area (Å²) in [7, 11) is 1.89. The molecule has 17 heavy (non-hydrogen) atoms. The zero-order chi connectivity index (χ0) is 12.3. The van der Waals surface area contributed by atoms with Gasteiger partial charge in [0.2, 0.25) is 0 Å². The van der Waals surface area contributed by atoms with Gasteiger partial charge in [-0.3, -0.25) is 0 Å². The molecule has 2 rings (SSSR count). The van der Waals surface area contributed by atoms with Crippen molar-refractivity contribution in [3.05, 3.63) is 30.1 Å². The standard InChI is InChI=1S/C13H19FN2O/c1-16(13-5-3-2-4-12(13)14)9-11-7-6-10(8-15)17-11/h2-5,10-11H,6-9,15H2,1H3. The van der Waals surface area contributed by atoms with Gasteiger partial charge in [-0.2, -0.15) is 0 Å². The quantitative estimate of drug-likeness (QED) is 0.868. The van der Waals surface area contributed by atoms with Crippen LogP contribution in [0.3, 0.4) is 0 Å². The fraction of sp³-hybridized carbons (Fsp3) is 0.538. The van der Waals surface area contributed by atoms with Crippen molar-refractivity contribution in [2.45, 2.75) is 25.0 Å². The number of para-hydroxylation sites is 1. The van der Waals surface area contributed by atoms with E-state index in [1.165, 1.54) is 6.07 Å². The zero-order valence-electron chi connectivity index (χ0n) is 10.1. The van der Waals surface area contributed by atoms with Crippen LogP contribution < -0.4 is 10.6 Å². The Hall–Kier alpha value is -1.13. The van der Waals surface area contributed by atoms with Crippen molar-refractivity contribution in [1.82, 2.24) is 0 Å². The third-order valence-corrected chi connectivity index (χ3v) is 3.20. The average molecular weight is 238 g/mol. The molecule has 0 aliphatic carbocycles. The molecule has 1 fully saturated rings. The summed E-state index contributed by atoms with van der Waals surface area (Å²) in [6.07, 6.45) is 2.34. The highest BCUT2D eigenvalue weighted by Crippen LogP contribution is 2.23. The predicted octanol–water partition coefficient (Wildman–Crippen LogP) is 1.77.